The second-order valence-electron chi connectivity index (χ2n) is 6.64. The average Bonchev–Trinajstić information content (AvgIpc) is 3.04. The fraction of sp³-hybridized carbons (Fsp3) is 0.136. The van der Waals surface area contributed by atoms with Gasteiger partial charge in [-0.15, -0.1) is 0 Å². The van der Waals surface area contributed by atoms with Gasteiger partial charge in [-0.25, -0.2) is 9.67 Å². The van der Waals surface area contributed by atoms with Gasteiger partial charge in [0.15, 0.2) is 11.4 Å². The van der Waals surface area contributed by atoms with Crippen LogP contribution in [0.4, 0.5) is 0 Å². The number of hydrogen-bond donors (Lipinski definition) is 1. The highest BCUT2D eigenvalue weighted by atomic mass is 16.5. The van der Waals surface area contributed by atoms with Crippen molar-refractivity contribution in [2.45, 2.75) is 13.8 Å². The summed E-state index contributed by atoms with van der Waals surface area (Å²) in [4.78, 5) is 17.4. The smallest absolute Gasteiger partial charge is 0.198 e. The van der Waals surface area contributed by atoms with Crippen molar-refractivity contribution in [2.24, 2.45) is 0 Å². The molecule has 0 aliphatic rings. The Morgan fingerprint density at radius 2 is 1.82 bits per heavy atom. The molecule has 0 radical (unpaired) electrons. The molecular formula is C22H19N3O3. The Hall–Kier alpha value is -3.67. The molecule has 0 bridgehead atoms. The molecule has 28 heavy (non-hydrogen) atoms. The number of pyridine rings is 1. The van der Waals surface area contributed by atoms with E-state index in [-0.39, 0.29) is 17.1 Å². The maximum atomic E-state index is 12.9. The Labute approximate surface area is 162 Å². The number of benzene rings is 2. The summed E-state index contributed by atoms with van der Waals surface area (Å²) in [7, 11) is 1.51. The zero-order valence-electron chi connectivity index (χ0n) is 15.8. The van der Waals surface area contributed by atoms with E-state index in [4.69, 9.17) is 4.74 Å². The molecule has 0 atom stereocenters. The van der Waals surface area contributed by atoms with Crippen LogP contribution >= 0.6 is 0 Å². The number of phenols is 1. The molecule has 140 valence electrons. The van der Waals surface area contributed by atoms with Gasteiger partial charge in [0, 0.05) is 17.1 Å². The summed E-state index contributed by atoms with van der Waals surface area (Å²) in [5.74, 6) is 0.0739. The number of carbonyl (C=O) groups is 1. The molecule has 0 saturated heterocycles. The van der Waals surface area contributed by atoms with Crippen molar-refractivity contribution in [3.63, 3.8) is 0 Å². The molecule has 0 spiro atoms. The maximum Gasteiger partial charge on any atom is 0.198 e. The van der Waals surface area contributed by atoms with Gasteiger partial charge in [0.2, 0.25) is 0 Å². The maximum absolute atomic E-state index is 12.9. The molecule has 0 aliphatic carbocycles. The number of methoxy groups -OCH3 is 1. The van der Waals surface area contributed by atoms with E-state index in [0.29, 0.717) is 17.0 Å². The second kappa shape index (κ2) is 6.81. The highest BCUT2D eigenvalue weighted by molar-refractivity contribution is 6.12. The molecule has 1 N–H and O–H groups in total. The summed E-state index contributed by atoms with van der Waals surface area (Å²) in [5, 5.41) is 15.5. The first kappa shape index (κ1) is 17.7. The zero-order valence-corrected chi connectivity index (χ0v) is 15.8. The summed E-state index contributed by atoms with van der Waals surface area (Å²) in [6, 6.07) is 14.3. The molecule has 0 fully saturated rings. The lowest BCUT2D eigenvalue weighted by atomic mass is 10.0. The van der Waals surface area contributed by atoms with E-state index in [2.05, 4.69) is 10.1 Å². The lowest BCUT2D eigenvalue weighted by Crippen LogP contribution is -2.04. The summed E-state index contributed by atoms with van der Waals surface area (Å²) < 4.78 is 6.92. The molecular weight excluding hydrogens is 354 g/mol. The minimum absolute atomic E-state index is 0.0991. The topological polar surface area (TPSA) is 77.2 Å². The first-order chi connectivity index (χ1) is 13.5. The average molecular weight is 373 g/mol. The summed E-state index contributed by atoms with van der Waals surface area (Å²) in [5.41, 5.74) is 4.06. The van der Waals surface area contributed by atoms with Crippen molar-refractivity contribution in [3.8, 4) is 17.2 Å². The van der Waals surface area contributed by atoms with Crippen LogP contribution in [0.25, 0.3) is 16.7 Å². The summed E-state index contributed by atoms with van der Waals surface area (Å²) in [6.45, 7) is 3.91. The van der Waals surface area contributed by atoms with Gasteiger partial charge in [-0.05, 0) is 50.2 Å². The third kappa shape index (κ3) is 2.99. The van der Waals surface area contributed by atoms with Crippen LogP contribution in [0.15, 0.2) is 54.7 Å². The Kier molecular flexibility index (Phi) is 4.31. The quantitative estimate of drug-likeness (QED) is 0.548. The van der Waals surface area contributed by atoms with E-state index < -0.39 is 0 Å². The number of rotatable bonds is 4. The van der Waals surface area contributed by atoms with Crippen LogP contribution < -0.4 is 4.74 Å². The van der Waals surface area contributed by atoms with E-state index in [1.807, 2.05) is 38.1 Å². The van der Waals surface area contributed by atoms with Crippen LogP contribution in [-0.4, -0.2) is 32.8 Å². The summed E-state index contributed by atoms with van der Waals surface area (Å²) in [6.07, 6.45) is 1.51. The van der Waals surface area contributed by atoms with Crippen LogP contribution in [0.2, 0.25) is 0 Å². The van der Waals surface area contributed by atoms with E-state index in [0.717, 1.165) is 22.3 Å². The molecule has 0 unspecified atom stereocenters. The first-order valence-electron chi connectivity index (χ1n) is 8.82. The Morgan fingerprint density at radius 3 is 2.54 bits per heavy atom. The van der Waals surface area contributed by atoms with E-state index in [1.165, 1.54) is 25.4 Å². The number of aromatic hydroxyl groups is 1. The highest BCUT2D eigenvalue weighted by Gasteiger charge is 2.18. The molecule has 2 aromatic carbocycles. The van der Waals surface area contributed by atoms with Crippen molar-refractivity contribution < 1.29 is 14.6 Å². The third-order valence-corrected chi connectivity index (χ3v) is 4.70. The van der Waals surface area contributed by atoms with Gasteiger partial charge >= 0.3 is 0 Å². The van der Waals surface area contributed by atoms with Gasteiger partial charge in [0.05, 0.1) is 24.1 Å². The minimum atomic E-state index is -0.326. The number of fused-ring (bicyclic) bond motifs is 1. The lowest BCUT2D eigenvalue weighted by molar-refractivity contribution is 0.103. The molecule has 0 saturated carbocycles. The molecule has 6 nitrogen and oxygen atoms in total. The Morgan fingerprint density at radius 1 is 1.07 bits per heavy atom. The number of carbonyl (C=O) groups excluding carboxylic acids is 1. The SMILES string of the molecule is COc1ccc(O)c(C(=O)c2cnc3c(c2)c(C)nn3-c2ccc(C)cc2)c1. The van der Waals surface area contributed by atoms with Crippen LogP contribution in [-0.2, 0) is 0 Å². The lowest BCUT2D eigenvalue weighted by Gasteiger charge is -2.07. The van der Waals surface area contributed by atoms with Crippen molar-refractivity contribution in [2.75, 3.05) is 7.11 Å². The number of ether oxygens (including phenoxy) is 1. The Balaban J connectivity index is 1.80. The standard InChI is InChI=1S/C22H19N3O3/c1-13-4-6-16(7-5-13)25-22-18(14(2)24-25)10-15(12-23-22)21(27)19-11-17(28-3)8-9-20(19)26/h4-12,26H,1-3H3. The molecule has 6 heteroatoms. The van der Waals surface area contributed by atoms with Gasteiger partial charge in [-0.3, -0.25) is 4.79 Å². The van der Waals surface area contributed by atoms with Gasteiger partial charge in [-0.2, -0.15) is 5.10 Å². The number of ketones is 1. The van der Waals surface area contributed by atoms with Crippen molar-refractivity contribution >= 4 is 16.8 Å². The minimum Gasteiger partial charge on any atom is -0.507 e. The first-order valence-corrected chi connectivity index (χ1v) is 8.82. The van der Waals surface area contributed by atoms with Crippen molar-refractivity contribution in [1.29, 1.82) is 0 Å². The molecule has 4 rings (SSSR count). The fourth-order valence-corrected chi connectivity index (χ4v) is 3.11. The van der Waals surface area contributed by atoms with Gasteiger partial charge < -0.3 is 9.84 Å². The number of aromatic nitrogens is 3. The van der Waals surface area contributed by atoms with Gasteiger partial charge in [0.25, 0.3) is 0 Å². The van der Waals surface area contributed by atoms with Crippen molar-refractivity contribution in [3.05, 3.63) is 77.1 Å². The zero-order chi connectivity index (χ0) is 19.8. The molecule has 2 heterocycles. The monoisotopic (exact) mass is 373 g/mol. The Bertz CT molecular complexity index is 1190. The number of phenolic OH excluding ortho intramolecular Hbond substituents is 1. The molecule has 2 aromatic heterocycles. The normalized spacial score (nSPS) is 11.0. The van der Waals surface area contributed by atoms with Gasteiger partial charge in [-0.1, -0.05) is 17.7 Å². The van der Waals surface area contributed by atoms with E-state index in [9.17, 15) is 9.90 Å². The van der Waals surface area contributed by atoms with Crippen LogP contribution in [0.3, 0.4) is 0 Å². The number of hydrogen-bond acceptors (Lipinski definition) is 5. The summed E-state index contributed by atoms with van der Waals surface area (Å²) >= 11 is 0. The van der Waals surface area contributed by atoms with Crippen LogP contribution in [0.1, 0.15) is 27.2 Å². The third-order valence-electron chi connectivity index (χ3n) is 4.70. The second-order valence-corrected chi connectivity index (χ2v) is 6.64. The van der Waals surface area contributed by atoms with Crippen LogP contribution in [0.5, 0.6) is 11.5 Å². The fourth-order valence-electron chi connectivity index (χ4n) is 3.11. The largest absolute Gasteiger partial charge is 0.507 e. The van der Waals surface area contributed by atoms with E-state index in [1.54, 1.807) is 16.8 Å². The predicted octanol–water partition coefficient (Wildman–Crippen LogP) is 3.98. The highest BCUT2D eigenvalue weighted by Crippen LogP contribution is 2.27. The molecule has 0 aliphatic heterocycles. The van der Waals surface area contributed by atoms with Crippen LogP contribution in [0, 0.1) is 13.8 Å². The molecule has 4 aromatic rings. The van der Waals surface area contributed by atoms with Gasteiger partial charge in [0.1, 0.15) is 11.5 Å². The molecule has 0 amide bonds. The predicted molar refractivity (Wildman–Crippen MR) is 106 cm³/mol. The van der Waals surface area contributed by atoms with E-state index >= 15 is 0 Å². The van der Waals surface area contributed by atoms with Crippen molar-refractivity contribution in [1.82, 2.24) is 14.8 Å². The number of aryl methyl sites for hydroxylation is 2. The number of nitrogens with zero attached hydrogens (tertiary/aromatic N) is 3.